The van der Waals surface area contributed by atoms with Crippen LogP contribution in [-0.2, 0) is 19.9 Å². The van der Waals surface area contributed by atoms with Crippen molar-refractivity contribution in [3.05, 3.63) is 17.5 Å². The molecule has 0 amide bonds. The van der Waals surface area contributed by atoms with Gasteiger partial charge in [-0.2, -0.15) is 5.10 Å². The van der Waals surface area contributed by atoms with E-state index in [0.29, 0.717) is 5.41 Å². The minimum atomic E-state index is 0.332. The number of hydrogen-bond donors (Lipinski definition) is 0. The van der Waals surface area contributed by atoms with Crippen LogP contribution in [0.1, 0.15) is 39.0 Å². The predicted molar refractivity (Wildman–Crippen MR) is 55.7 cm³/mol. The molecule has 0 saturated carbocycles. The second-order valence-electron chi connectivity index (χ2n) is 4.87. The lowest BCUT2D eigenvalue weighted by Crippen LogP contribution is -2.11. The van der Waals surface area contributed by atoms with E-state index in [0.717, 1.165) is 12.8 Å². The quantitative estimate of drug-likeness (QED) is 0.684. The Hall–Kier alpha value is -0.790. The molecule has 0 unspecified atom stereocenters. The average molecular weight is 180 g/mol. The standard InChI is InChI=1S/C11H20N2/c1-6-9-8-13(5)12-10(9)7-11(2,3)4/h8H,6-7H2,1-5H3. The molecule has 0 aromatic carbocycles. The van der Waals surface area contributed by atoms with Crippen LogP contribution in [0, 0.1) is 5.41 Å². The molecule has 0 atom stereocenters. The Labute approximate surface area is 81.0 Å². The third-order valence-corrected chi connectivity index (χ3v) is 2.07. The fraction of sp³-hybridized carbons (Fsp3) is 0.727. The van der Waals surface area contributed by atoms with Gasteiger partial charge in [-0.25, -0.2) is 0 Å². The van der Waals surface area contributed by atoms with Crippen LogP contribution in [-0.4, -0.2) is 9.78 Å². The Bertz CT molecular complexity index is 279. The molecule has 13 heavy (non-hydrogen) atoms. The summed E-state index contributed by atoms with van der Waals surface area (Å²) in [5.74, 6) is 0. The van der Waals surface area contributed by atoms with Gasteiger partial charge in [-0.05, 0) is 23.8 Å². The summed E-state index contributed by atoms with van der Waals surface area (Å²) in [6.07, 6.45) is 4.28. The summed E-state index contributed by atoms with van der Waals surface area (Å²) in [4.78, 5) is 0. The highest BCUT2D eigenvalue weighted by atomic mass is 15.2. The van der Waals surface area contributed by atoms with Gasteiger partial charge in [0.25, 0.3) is 0 Å². The summed E-state index contributed by atoms with van der Waals surface area (Å²) in [7, 11) is 1.99. The lowest BCUT2D eigenvalue weighted by molar-refractivity contribution is 0.403. The molecule has 74 valence electrons. The largest absolute Gasteiger partial charge is 0.275 e. The Morgan fingerprint density at radius 1 is 1.38 bits per heavy atom. The maximum Gasteiger partial charge on any atom is 0.0661 e. The molecule has 0 aliphatic rings. The van der Waals surface area contributed by atoms with Crippen LogP contribution in [0.2, 0.25) is 0 Å². The molecular formula is C11H20N2. The van der Waals surface area contributed by atoms with Crippen LogP contribution in [0.4, 0.5) is 0 Å². The van der Waals surface area contributed by atoms with Gasteiger partial charge in [0.2, 0.25) is 0 Å². The number of hydrogen-bond acceptors (Lipinski definition) is 1. The molecule has 0 aliphatic carbocycles. The van der Waals surface area contributed by atoms with Crippen molar-refractivity contribution in [3.8, 4) is 0 Å². The van der Waals surface area contributed by atoms with Gasteiger partial charge in [0, 0.05) is 13.2 Å². The third kappa shape index (κ3) is 2.87. The maximum absolute atomic E-state index is 4.48. The van der Waals surface area contributed by atoms with Gasteiger partial charge in [0.1, 0.15) is 0 Å². The smallest absolute Gasteiger partial charge is 0.0661 e. The first-order valence-corrected chi connectivity index (χ1v) is 4.94. The number of aromatic nitrogens is 2. The zero-order chi connectivity index (χ0) is 10.1. The molecule has 0 fully saturated rings. The van der Waals surface area contributed by atoms with Gasteiger partial charge in [0.15, 0.2) is 0 Å². The second kappa shape index (κ2) is 3.52. The van der Waals surface area contributed by atoms with E-state index in [1.165, 1.54) is 11.3 Å². The molecule has 0 aliphatic heterocycles. The molecule has 0 spiro atoms. The van der Waals surface area contributed by atoms with Crippen LogP contribution in [0.25, 0.3) is 0 Å². The van der Waals surface area contributed by atoms with Crippen molar-refractivity contribution in [2.24, 2.45) is 12.5 Å². The first kappa shape index (κ1) is 10.3. The number of rotatable bonds is 2. The first-order valence-electron chi connectivity index (χ1n) is 4.94. The number of nitrogens with zero attached hydrogens (tertiary/aromatic N) is 2. The monoisotopic (exact) mass is 180 g/mol. The van der Waals surface area contributed by atoms with E-state index in [9.17, 15) is 0 Å². The Morgan fingerprint density at radius 3 is 2.46 bits per heavy atom. The molecule has 1 aromatic rings. The lowest BCUT2D eigenvalue weighted by atomic mass is 9.89. The van der Waals surface area contributed by atoms with Crippen molar-refractivity contribution in [2.45, 2.75) is 40.5 Å². The minimum absolute atomic E-state index is 0.332. The van der Waals surface area contributed by atoms with E-state index < -0.39 is 0 Å². The summed E-state index contributed by atoms with van der Waals surface area (Å²) >= 11 is 0. The molecule has 2 nitrogen and oxygen atoms in total. The van der Waals surface area contributed by atoms with E-state index in [4.69, 9.17) is 0 Å². The Morgan fingerprint density at radius 2 is 2.00 bits per heavy atom. The minimum Gasteiger partial charge on any atom is -0.275 e. The van der Waals surface area contributed by atoms with Crippen LogP contribution in [0.15, 0.2) is 6.20 Å². The zero-order valence-electron chi connectivity index (χ0n) is 9.39. The van der Waals surface area contributed by atoms with E-state index >= 15 is 0 Å². The number of aryl methyl sites for hydroxylation is 2. The molecule has 1 rings (SSSR count). The maximum atomic E-state index is 4.48. The predicted octanol–water partition coefficient (Wildman–Crippen LogP) is 2.57. The molecule has 2 heteroatoms. The highest BCUT2D eigenvalue weighted by Gasteiger charge is 2.15. The molecule has 1 aromatic heterocycles. The summed E-state index contributed by atoms with van der Waals surface area (Å²) in [6, 6.07) is 0. The highest BCUT2D eigenvalue weighted by molar-refractivity contribution is 5.17. The third-order valence-electron chi connectivity index (χ3n) is 2.07. The van der Waals surface area contributed by atoms with Crippen molar-refractivity contribution in [1.29, 1.82) is 0 Å². The average Bonchev–Trinajstić information content (AvgIpc) is 2.27. The van der Waals surface area contributed by atoms with Crippen LogP contribution < -0.4 is 0 Å². The van der Waals surface area contributed by atoms with Crippen LogP contribution in [0.3, 0.4) is 0 Å². The van der Waals surface area contributed by atoms with E-state index in [1.807, 2.05) is 11.7 Å². The van der Waals surface area contributed by atoms with Crippen molar-refractivity contribution < 1.29 is 0 Å². The lowest BCUT2D eigenvalue weighted by Gasteiger charge is -2.16. The Balaban J connectivity index is 2.87. The van der Waals surface area contributed by atoms with E-state index in [2.05, 4.69) is 39.0 Å². The summed E-state index contributed by atoms with van der Waals surface area (Å²) < 4.78 is 1.92. The summed E-state index contributed by atoms with van der Waals surface area (Å²) in [5, 5.41) is 4.48. The van der Waals surface area contributed by atoms with Crippen LogP contribution >= 0.6 is 0 Å². The van der Waals surface area contributed by atoms with Gasteiger partial charge in [-0.15, -0.1) is 0 Å². The van der Waals surface area contributed by atoms with E-state index in [-0.39, 0.29) is 0 Å². The van der Waals surface area contributed by atoms with Gasteiger partial charge in [-0.1, -0.05) is 27.7 Å². The highest BCUT2D eigenvalue weighted by Crippen LogP contribution is 2.21. The van der Waals surface area contributed by atoms with Crippen molar-refractivity contribution in [1.82, 2.24) is 9.78 Å². The van der Waals surface area contributed by atoms with Gasteiger partial charge in [-0.3, -0.25) is 4.68 Å². The zero-order valence-corrected chi connectivity index (χ0v) is 9.39. The normalized spacial score (nSPS) is 12.1. The van der Waals surface area contributed by atoms with E-state index in [1.54, 1.807) is 0 Å². The van der Waals surface area contributed by atoms with Crippen LogP contribution in [0.5, 0.6) is 0 Å². The van der Waals surface area contributed by atoms with Gasteiger partial charge < -0.3 is 0 Å². The first-order chi connectivity index (χ1) is 5.92. The summed E-state index contributed by atoms with van der Waals surface area (Å²) in [6.45, 7) is 8.94. The van der Waals surface area contributed by atoms with Gasteiger partial charge in [0.05, 0.1) is 5.69 Å². The molecular weight excluding hydrogens is 160 g/mol. The topological polar surface area (TPSA) is 17.8 Å². The van der Waals surface area contributed by atoms with Gasteiger partial charge >= 0.3 is 0 Å². The SMILES string of the molecule is CCc1cn(C)nc1CC(C)(C)C. The fourth-order valence-electron chi connectivity index (χ4n) is 1.53. The molecule has 1 heterocycles. The summed E-state index contributed by atoms with van der Waals surface area (Å²) in [5.41, 5.74) is 2.98. The molecule has 0 saturated heterocycles. The molecule has 0 bridgehead atoms. The fourth-order valence-corrected chi connectivity index (χ4v) is 1.53. The van der Waals surface area contributed by atoms with Crippen molar-refractivity contribution >= 4 is 0 Å². The Kier molecular flexibility index (Phi) is 2.79. The van der Waals surface area contributed by atoms with Crippen molar-refractivity contribution in [3.63, 3.8) is 0 Å². The molecule has 0 N–H and O–H groups in total. The second-order valence-corrected chi connectivity index (χ2v) is 4.87. The van der Waals surface area contributed by atoms with Crippen molar-refractivity contribution in [2.75, 3.05) is 0 Å². The molecule has 0 radical (unpaired) electrons.